The van der Waals surface area contributed by atoms with Crippen molar-refractivity contribution in [2.24, 2.45) is 4.99 Å². The lowest BCUT2D eigenvalue weighted by atomic mass is 10.2. The van der Waals surface area contributed by atoms with E-state index in [1.54, 1.807) is 24.5 Å². The lowest BCUT2D eigenvalue weighted by molar-refractivity contribution is 0.563. The van der Waals surface area contributed by atoms with Gasteiger partial charge in [-0.25, -0.2) is 14.6 Å². The number of carbonyl (C=O) groups excluding carboxylic acids is 1. The first-order chi connectivity index (χ1) is 7.81. The molecule has 16 heavy (non-hydrogen) atoms. The molecule has 0 saturated heterocycles. The Labute approximate surface area is 91.1 Å². The summed E-state index contributed by atoms with van der Waals surface area (Å²) in [6, 6.07) is 7.22. The van der Waals surface area contributed by atoms with Gasteiger partial charge < -0.3 is 4.98 Å². The molecule has 5 heteroatoms. The number of aromatic nitrogens is 2. The Balaban J connectivity index is 2.29. The third kappa shape index (κ3) is 1.99. The van der Waals surface area contributed by atoms with Crippen molar-refractivity contribution in [2.75, 3.05) is 0 Å². The van der Waals surface area contributed by atoms with Crippen LogP contribution < -0.4 is 5.69 Å². The summed E-state index contributed by atoms with van der Waals surface area (Å²) in [7, 11) is 0. The van der Waals surface area contributed by atoms with Crippen LogP contribution in [0.25, 0.3) is 5.69 Å². The summed E-state index contributed by atoms with van der Waals surface area (Å²) in [6.07, 6.45) is 4.71. The van der Waals surface area contributed by atoms with Crippen LogP contribution in [0.4, 0.5) is 0 Å². The summed E-state index contributed by atoms with van der Waals surface area (Å²) in [5.74, 6) is 0. The quantitative estimate of drug-likeness (QED) is 0.613. The molecule has 0 aliphatic rings. The van der Waals surface area contributed by atoms with Crippen LogP contribution in [0.2, 0.25) is 0 Å². The molecule has 1 aromatic heterocycles. The number of isocyanates is 1. The minimum atomic E-state index is -0.182. The zero-order valence-corrected chi connectivity index (χ0v) is 8.38. The summed E-state index contributed by atoms with van der Waals surface area (Å²) in [5, 5.41) is 0. The highest BCUT2D eigenvalue weighted by Crippen LogP contribution is 2.08. The van der Waals surface area contributed by atoms with Gasteiger partial charge in [0.2, 0.25) is 6.08 Å². The van der Waals surface area contributed by atoms with Gasteiger partial charge in [0.05, 0.1) is 12.2 Å². The highest BCUT2D eigenvalue weighted by Gasteiger charge is 1.99. The van der Waals surface area contributed by atoms with Gasteiger partial charge in [-0.15, -0.1) is 0 Å². The number of nitrogens with zero attached hydrogens (tertiary/aromatic N) is 2. The Hall–Kier alpha value is -2.39. The molecule has 0 spiro atoms. The molecule has 0 fully saturated rings. The van der Waals surface area contributed by atoms with Crippen LogP contribution in [0, 0.1) is 0 Å². The van der Waals surface area contributed by atoms with Crippen LogP contribution in [0.3, 0.4) is 0 Å². The molecule has 0 bridgehead atoms. The molecule has 5 nitrogen and oxygen atoms in total. The topological polar surface area (TPSA) is 67.2 Å². The normalized spacial score (nSPS) is 9.75. The van der Waals surface area contributed by atoms with Crippen molar-refractivity contribution in [3.05, 3.63) is 52.7 Å². The summed E-state index contributed by atoms with van der Waals surface area (Å²) >= 11 is 0. The van der Waals surface area contributed by atoms with Gasteiger partial charge in [-0.05, 0) is 17.7 Å². The molecule has 0 saturated carbocycles. The van der Waals surface area contributed by atoms with E-state index in [0.717, 1.165) is 11.3 Å². The lowest BCUT2D eigenvalue weighted by Gasteiger charge is -2.01. The number of benzene rings is 1. The maximum atomic E-state index is 11.3. The van der Waals surface area contributed by atoms with Gasteiger partial charge in [0, 0.05) is 12.4 Å². The fourth-order valence-electron chi connectivity index (χ4n) is 1.41. The monoisotopic (exact) mass is 215 g/mol. The zero-order chi connectivity index (χ0) is 11.4. The van der Waals surface area contributed by atoms with Crippen molar-refractivity contribution in [3.8, 4) is 5.69 Å². The maximum Gasteiger partial charge on any atom is 0.330 e. The first-order valence-electron chi connectivity index (χ1n) is 4.70. The molecule has 1 heterocycles. The van der Waals surface area contributed by atoms with Gasteiger partial charge in [-0.1, -0.05) is 12.1 Å². The van der Waals surface area contributed by atoms with Gasteiger partial charge in [0.15, 0.2) is 0 Å². The molecule has 1 aromatic carbocycles. The zero-order valence-electron chi connectivity index (χ0n) is 8.38. The number of hydrogen-bond donors (Lipinski definition) is 1. The van der Waals surface area contributed by atoms with Crippen LogP contribution in [0.1, 0.15) is 5.56 Å². The van der Waals surface area contributed by atoms with Crippen molar-refractivity contribution >= 4 is 6.08 Å². The van der Waals surface area contributed by atoms with Crippen LogP contribution in [0.15, 0.2) is 46.4 Å². The Kier molecular flexibility index (Phi) is 2.80. The molecule has 0 atom stereocenters. The Morgan fingerprint density at radius 3 is 2.62 bits per heavy atom. The highest BCUT2D eigenvalue weighted by molar-refractivity contribution is 5.36. The minimum Gasteiger partial charge on any atom is -0.312 e. The second kappa shape index (κ2) is 4.42. The van der Waals surface area contributed by atoms with E-state index in [1.165, 1.54) is 10.6 Å². The van der Waals surface area contributed by atoms with Crippen molar-refractivity contribution in [2.45, 2.75) is 6.54 Å². The molecule has 80 valence electrons. The average Bonchev–Trinajstić information content (AvgIpc) is 2.74. The number of H-pyrrole nitrogens is 1. The van der Waals surface area contributed by atoms with E-state index in [0.29, 0.717) is 6.54 Å². The predicted octanol–water partition coefficient (Wildman–Crippen LogP) is 1.00. The minimum absolute atomic E-state index is 0.182. The molecular formula is C11H9N3O2. The summed E-state index contributed by atoms with van der Waals surface area (Å²) in [4.78, 5) is 27.3. The number of rotatable bonds is 3. The van der Waals surface area contributed by atoms with Crippen LogP contribution in [-0.2, 0) is 11.3 Å². The van der Waals surface area contributed by atoms with E-state index in [-0.39, 0.29) is 5.69 Å². The van der Waals surface area contributed by atoms with Crippen molar-refractivity contribution < 1.29 is 4.79 Å². The Morgan fingerprint density at radius 1 is 1.31 bits per heavy atom. The molecule has 0 radical (unpaired) electrons. The number of nitrogens with one attached hydrogen (secondary N) is 1. The molecular weight excluding hydrogens is 206 g/mol. The molecule has 1 N–H and O–H groups in total. The van der Waals surface area contributed by atoms with Crippen molar-refractivity contribution in [3.63, 3.8) is 0 Å². The number of aromatic amines is 1. The van der Waals surface area contributed by atoms with E-state index in [2.05, 4.69) is 9.98 Å². The van der Waals surface area contributed by atoms with E-state index in [9.17, 15) is 9.59 Å². The van der Waals surface area contributed by atoms with Crippen molar-refractivity contribution in [1.29, 1.82) is 0 Å². The summed E-state index contributed by atoms with van der Waals surface area (Å²) < 4.78 is 1.49. The van der Waals surface area contributed by atoms with E-state index >= 15 is 0 Å². The average molecular weight is 215 g/mol. The molecule has 2 rings (SSSR count). The highest BCUT2D eigenvalue weighted by atomic mass is 16.1. The largest absolute Gasteiger partial charge is 0.330 e. The number of imidazole rings is 1. The Bertz CT molecular complexity index is 574. The molecule has 2 aromatic rings. The third-order valence-electron chi connectivity index (χ3n) is 2.19. The number of hydrogen-bond acceptors (Lipinski definition) is 3. The maximum absolute atomic E-state index is 11.3. The second-order valence-electron chi connectivity index (χ2n) is 3.21. The number of aliphatic imine (C=N–C) groups is 1. The van der Waals surface area contributed by atoms with Crippen LogP contribution in [0.5, 0.6) is 0 Å². The second-order valence-corrected chi connectivity index (χ2v) is 3.21. The molecule has 0 amide bonds. The summed E-state index contributed by atoms with van der Waals surface area (Å²) in [6.45, 7) is 0.311. The van der Waals surface area contributed by atoms with Crippen molar-refractivity contribution in [1.82, 2.24) is 9.55 Å². The third-order valence-corrected chi connectivity index (χ3v) is 2.19. The first-order valence-corrected chi connectivity index (χ1v) is 4.70. The van der Waals surface area contributed by atoms with Crippen LogP contribution in [-0.4, -0.2) is 15.6 Å². The molecule has 0 aliphatic carbocycles. The van der Waals surface area contributed by atoms with Gasteiger partial charge in [-0.2, -0.15) is 0 Å². The fraction of sp³-hybridized carbons (Fsp3) is 0.0909. The fourth-order valence-corrected chi connectivity index (χ4v) is 1.41. The SMILES string of the molecule is O=C=NCc1ccc(-n2cc[nH]c2=O)cc1. The molecule has 0 unspecified atom stereocenters. The van der Waals surface area contributed by atoms with Gasteiger partial charge >= 0.3 is 5.69 Å². The van der Waals surface area contributed by atoms with Gasteiger partial charge in [0.25, 0.3) is 0 Å². The standard InChI is InChI=1S/C11H9N3O2/c15-8-12-7-9-1-3-10(4-2-9)14-6-5-13-11(14)16/h1-6H,7H2,(H,13,16). The van der Waals surface area contributed by atoms with E-state index in [4.69, 9.17) is 0 Å². The Morgan fingerprint density at radius 2 is 2.06 bits per heavy atom. The summed E-state index contributed by atoms with van der Waals surface area (Å²) in [5.41, 5.74) is 1.49. The van der Waals surface area contributed by atoms with E-state index in [1.807, 2.05) is 12.1 Å². The predicted molar refractivity (Wildman–Crippen MR) is 58.2 cm³/mol. The molecule has 0 aliphatic heterocycles. The lowest BCUT2D eigenvalue weighted by Crippen LogP contribution is -2.13. The van der Waals surface area contributed by atoms with Crippen LogP contribution >= 0.6 is 0 Å². The van der Waals surface area contributed by atoms with Gasteiger partial charge in [-0.3, -0.25) is 4.57 Å². The van der Waals surface area contributed by atoms with Gasteiger partial charge in [0.1, 0.15) is 0 Å². The first kappa shape index (κ1) is 10.1. The smallest absolute Gasteiger partial charge is 0.312 e. The van der Waals surface area contributed by atoms with E-state index < -0.39 is 0 Å².